The van der Waals surface area contributed by atoms with Crippen molar-refractivity contribution < 1.29 is 9.90 Å². The predicted molar refractivity (Wildman–Crippen MR) is 80.0 cm³/mol. The topological polar surface area (TPSA) is 60.8 Å². The number of nitrogens with one attached hydrogen (secondary N) is 1. The second-order valence-electron chi connectivity index (χ2n) is 5.38. The molecule has 1 N–H and O–H groups in total. The number of carboxylic acids is 1. The summed E-state index contributed by atoms with van der Waals surface area (Å²) in [5.41, 5.74) is 3.88. The van der Waals surface area contributed by atoms with Crippen molar-refractivity contribution in [3.63, 3.8) is 0 Å². The highest BCUT2D eigenvalue weighted by Crippen LogP contribution is 2.25. The number of aromatic amines is 1. The molecule has 1 unspecified atom stereocenters. The second-order valence-corrected chi connectivity index (χ2v) is 5.38. The average Bonchev–Trinajstić information content (AvgIpc) is 3.01. The third-order valence-corrected chi connectivity index (χ3v) is 4.00. The number of carbonyl (C=O) groups is 1. The van der Waals surface area contributed by atoms with Gasteiger partial charge in [0.2, 0.25) is 0 Å². The highest BCUT2D eigenvalue weighted by atomic mass is 16.4. The van der Waals surface area contributed by atoms with E-state index >= 15 is 0 Å². The number of benzene rings is 1. The van der Waals surface area contributed by atoms with E-state index < -0.39 is 12.0 Å². The quantitative estimate of drug-likeness (QED) is 0.796. The van der Waals surface area contributed by atoms with Crippen molar-refractivity contribution in [2.24, 2.45) is 0 Å². The van der Waals surface area contributed by atoms with Crippen LogP contribution in [0.15, 0.2) is 42.6 Å². The maximum absolute atomic E-state index is 11.6. The Hall–Kier alpha value is -2.49. The van der Waals surface area contributed by atoms with Crippen LogP contribution in [0.3, 0.4) is 0 Å². The number of H-pyrrole nitrogens is 1. The number of carboxylic acid groups (broad SMARTS) is 1. The van der Waals surface area contributed by atoms with Gasteiger partial charge >= 0.3 is 0 Å². The van der Waals surface area contributed by atoms with E-state index in [9.17, 15) is 9.90 Å². The zero-order valence-electron chi connectivity index (χ0n) is 12.1. The van der Waals surface area contributed by atoms with Gasteiger partial charge in [-0.15, -0.1) is 0 Å². The SMILES string of the molecule is Cc1ccc(C)n1C(Cc1c[nH]c2ccccc12)C(=O)[O-]. The van der Waals surface area contributed by atoms with Crippen LogP contribution in [0, 0.1) is 13.8 Å². The summed E-state index contributed by atoms with van der Waals surface area (Å²) in [5.74, 6) is -1.05. The Kier molecular flexibility index (Phi) is 3.29. The fourth-order valence-electron chi connectivity index (χ4n) is 2.96. The first-order valence-electron chi connectivity index (χ1n) is 6.98. The number of para-hydroxylation sites is 1. The second kappa shape index (κ2) is 5.13. The minimum absolute atomic E-state index is 0.405. The predicted octanol–water partition coefficient (Wildman–Crippen LogP) is 2.12. The molecular formula is C17H17N2O2-. The molecule has 3 aromatic rings. The Labute approximate surface area is 123 Å². The average molecular weight is 281 g/mol. The van der Waals surface area contributed by atoms with Gasteiger partial charge in [-0.3, -0.25) is 0 Å². The van der Waals surface area contributed by atoms with Crippen molar-refractivity contribution in [3.05, 3.63) is 59.5 Å². The lowest BCUT2D eigenvalue weighted by molar-refractivity contribution is -0.310. The van der Waals surface area contributed by atoms with Crippen LogP contribution in [0.1, 0.15) is 23.0 Å². The zero-order valence-corrected chi connectivity index (χ0v) is 12.1. The highest BCUT2D eigenvalue weighted by Gasteiger charge is 2.18. The molecule has 0 aliphatic carbocycles. The van der Waals surface area contributed by atoms with Gasteiger partial charge < -0.3 is 19.5 Å². The number of carbonyl (C=O) groups excluding carboxylic acids is 1. The smallest absolute Gasteiger partial charge is 0.0770 e. The van der Waals surface area contributed by atoms with Crippen LogP contribution in [0.4, 0.5) is 0 Å². The van der Waals surface area contributed by atoms with Crippen molar-refractivity contribution in [3.8, 4) is 0 Å². The molecule has 0 radical (unpaired) electrons. The molecule has 0 amide bonds. The van der Waals surface area contributed by atoms with E-state index in [-0.39, 0.29) is 0 Å². The number of hydrogen-bond acceptors (Lipinski definition) is 2. The molecule has 0 bridgehead atoms. The lowest BCUT2D eigenvalue weighted by Crippen LogP contribution is -2.35. The van der Waals surface area contributed by atoms with Gasteiger partial charge in [0.25, 0.3) is 0 Å². The number of nitrogens with zero attached hydrogens (tertiary/aromatic N) is 1. The first kappa shape index (κ1) is 13.5. The van der Waals surface area contributed by atoms with Crippen LogP contribution < -0.4 is 5.11 Å². The van der Waals surface area contributed by atoms with Crippen molar-refractivity contribution in [2.75, 3.05) is 0 Å². The lowest BCUT2D eigenvalue weighted by Gasteiger charge is -2.23. The van der Waals surface area contributed by atoms with Crippen LogP contribution in [-0.2, 0) is 11.2 Å². The van der Waals surface area contributed by atoms with Crippen molar-refractivity contribution in [2.45, 2.75) is 26.3 Å². The number of aliphatic carboxylic acids is 1. The number of fused-ring (bicyclic) bond motifs is 1. The normalized spacial score (nSPS) is 12.7. The molecule has 2 heterocycles. The molecule has 4 nitrogen and oxygen atoms in total. The molecule has 4 heteroatoms. The van der Waals surface area contributed by atoms with Crippen LogP contribution in [0.25, 0.3) is 10.9 Å². The van der Waals surface area contributed by atoms with Crippen LogP contribution >= 0.6 is 0 Å². The first-order valence-corrected chi connectivity index (χ1v) is 6.98. The van der Waals surface area contributed by atoms with E-state index in [0.717, 1.165) is 27.9 Å². The zero-order chi connectivity index (χ0) is 15.0. The molecule has 0 aliphatic heterocycles. The molecular weight excluding hydrogens is 264 g/mol. The Morgan fingerprint density at radius 3 is 2.52 bits per heavy atom. The van der Waals surface area contributed by atoms with Gasteiger partial charge in [0.15, 0.2) is 0 Å². The molecule has 0 saturated carbocycles. The molecule has 1 atom stereocenters. The summed E-state index contributed by atoms with van der Waals surface area (Å²) in [4.78, 5) is 14.8. The number of hydrogen-bond donors (Lipinski definition) is 1. The fraction of sp³-hybridized carbons (Fsp3) is 0.235. The van der Waals surface area contributed by atoms with E-state index in [1.807, 2.05) is 61.0 Å². The standard InChI is InChI=1S/C17H18N2O2/c1-11-7-8-12(2)19(11)16(17(20)21)9-13-10-18-15-6-4-3-5-14(13)15/h3-8,10,16,18H,9H2,1-2H3,(H,20,21)/p-1. The molecule has 0 spiro atoms. The lowest BCUT2D eigenvalue weighted by atomic mass is 10.0. The van der Waals surface area contributed by atoms with Gasteiger partial charge in [-0.2, -0.15) is 0 Å². The maximum atomic E-state index is 11.6. The Balaban J connectivity index is 2.02. The monoisotopic (exact) mass is 281 g/mol. The molecule has 2 aromatic heterocycles. The van der Waals surface area contributed by atoms with E-state index in [1.54, 1.807) is 0 Å². The van der Waals surface area contributed by atoms with Gasteiger partial charge in [-0.1, -0.05) is 18.2 Å². The molecule has 0 fully saturated rings. The third kappa shape index (κ3) is 2.33. The third-order valence-electron chi connectivity index (χ3n) is 4.00. The van der Waals surface area contributed by atoms with Crippen molar-refractivity contribution in [1.29, 1.82) is 0 Å². The van der Waals surface area contributed by atoms with Gasteiger partial charge in [0, 0.05) is 34.9 Å². The molecule has 3 rings (SSSR count). The summed E-state index contributed by atoms with van der Waals surface area (Å²) in [6.07, 6.45) is 2.29. The molecule has 21 heavy (non-hydrogen) atoms. The summed E-state index contributed by atoms with van der Waals surface area (Å²) in [7, 11) is 0. The number of rotatable bonds is 4. The van der Waals surface area contributed by atoms with Crippen molar-refractivity contribution >= 4 is 16.9 Å². The first-order chi connectivity index (χ1) is 10.1. The van der Waals surface area contributed by atoms with Crippen LogP contribution in [-0.4, -0.2) is 15.5 Å². The molecule has 0 aliphatic rings. The Morgan fingerprint density at radius 2 is 1.86 bits per heavy atom. The summed E-state index contributed by atoms with van der Waals surface area (Å²) in [5, 5.41) is 12.7. The summed E-state index contributed by atoms with van der Waals surface area (Å²) in [6, 6.07) is 11.1. The van der Waals surface area contributed by atoms with Crippen LogP contribution in [0.2, 0.25) is 0 Å². The number of aromatic nitrogens is 2. The summed E-state index contributed by atoms with van der Waals surface area (Å²) in [6.45, 7) is 3.83. The fourth-order valence-corrected chi connectivity index (χ4v) is 2.96. The Bertz CT molecular complexity index is 779. The van der Waals surface area contributed by atoms with Gasteiger partial charge in [0.05, 0.1) is 12.0 Å². The molecule has 0 saturated heterocycles. The summed E-state index contributed by atoms with van der Waals surface area (Å²) >= 11 is 0. The van der Waals surface area contributed by atoms with Crippen molar-refractivity contribution in [1.82, 2.24) is 9.55 Å². The largest absolute Gasteiger partial charge is 0.548 e. The van der Waals surface area contributed by atoms with Gasteiger partial charge in [-0.05, 0) is 37.6 Å². The van der Waals surface area contributed by atoms with Gasteiger partial charge in [-0.25, -0.2) is 0 Å². The summed E-state index contributed by atoms with van der Waals surface area (Å²) < 4.78 is 1.83. The Morgan fingerprint density at radius 1 is 1.19 bits per heavy atom. The van der Waals surface area contributed by atoms with E-state index in [0.29, 0.717) is 6.42 Å². The highest BCUT2D eigenvalue weighted by molar-refractivity contribution is 5.84. The van der Waals surface area contributed by atoms with E-state index in [1.165, 1.54) is 0 Å². The van der Waals surface area contributed by atoms with E-state index in [4.69, 9.17) is 0 Å². The van der Waals surface area contributed by atoms with Crippen LogP contribution in [0.5, 0.6) is 0 Å². The molecule has 1 aromatic carbocycles. The number of aryl methyl sites for hydroxylation is 2. The minimum atomic E-state index is -1.05. The molecule has 108 valence electrons. The van der Waals surface area contributed by atoms with Gasteiger partial charge in [0.1, 0.15) is 0 Å². The minimum Gasteiger partial charge on any atom is -0.548 e. The van der Waals surface area contributed by atoms with E-state index in [2.05, 4.69) is 4.98 Å². The maximum Gasteiger partial charge on any atom is 0.0770 e.